The molecule has 20 heavy (non-hydrogen) atoms. The number of hydrogen-bond donors (Lipinski definition) is 3. The summed E-state index contributed by atoms with van der Waals surface area (Å²) in [6.07, 6.45) is 0.872. The first kappa shape index (κ1) is 12.5. The minimum absolute atomic E-state index is 0.100. The van der Waals surface area contributed by atoms with Crippen molar-refractivity contribution in [2.45, 2.75) is 18.4 Å². The van der Waals surface area contributed by atoms with E-state index in [1.807, 2.05) is 0 Å². The minimum Gasteiger partial charge on any atom is -0.482 e. The van der Waals surface area contributed by atoms with Crippen molar-refractivity contribution in [1.82, 2.24) is 5.32 Å². The molecular formula is C13H12N2O5. The van der Waals surface area contributed by atoms with Crippen LogP contribution in [-0.4, -0.2) is 35.0 Å². The molecule has 0 atom stereocenters. The molecule has 0 unspecified atom stereocenters. The average Bonchev–Trinajstić information content (AvgIpc) is 3.19. The Morgan fingerprint density at radius 1 is 1.35 bits per heavy atom. The van der Waals surface area contributed by atoms with Gasteiger partial charge in [-0.1, -0.05) is 0 Å². The number of aliphatic carboxylic acids is 1. The average molecular weight is 276 g/mol. The molecule has 1 saturated carbocycles. The number of nitrogens with one attached hydrogen (secondary N) is 2. The highest BCUT2D eigenvalue weighted by atomic mass is 16.5. The summed E-state index contributed by atoms with van der Waals surface area (Å²) in [7, 11) is 0. The van der Waals surface area contributed by atoms with Crippen LogP contribution in [0.15, 0.2) is 18.2 Å². The monoisotopic (exact) mass is 276 g/mol. The van der Waals surface area contributed by atoms with Crippen molar-refractivity contribution in [2.24, 2.45) is 0 Å². The number of ether oxygens (including phenoxy) is 1. The van der Waals surface area contributed by atoms with Crippen molar-refractivity contribution >= 4 is 23.5 Å². The van der Waals surface area contributed by atoms with E-state index in [-0.39, 0.29) is 12.5 Å². The molecule has 104 valence electrons. The van der Waals surface area contributed by atoms with Crippen LogP contribution in [-0.2, 0) is 9.59 Å². The number of carbonyl (C=O) groups excluding carboxylic acids is 2. The van der Waals surface area contributed by atoms with Gasteiger partial charge in [-0.15, -0.1) is 0 Å². The second kappa shape index (κ2) is 4.22. The number of carboxylic acids is 1. The van der Waals surface area contributed by atoms with Gasteiger partial charge in [0.05, 0.1) is 5.69 Å². The van der Waals surface area contributed by atoms with Crippen LogP contribution in [0.3, 0.4) is 0 Å². The molecule has 0 saturated heterocycles. The van der Waals surface area contributed by atoms with Crippen LogP contribution in [0.25, 0.3) is 0 Å². The lowest BCUT2D eigenvalue weighted by Gasteiger charge is -2.19. The fourth-order valence-corrected chi connectivity index (χ4v) is 2.02. The van der Waals surface area contributed by atoms with Gasteiger partial charge in [0, 0.05) is 5.56 Å². The molecule has 0 spiro atoms. The third kappa shape index (κ3) is 2.07. The smallest absolute Gasteiger partial charge is 0.329 e. The number of benzene rings is 1. The molecule has 1 aromatic rings. The molecule has 2 aliphatic rings. The Morgan fingerprint density at radius 3 is 2.75 bits per heavy atom. The Labute approximate surface area is 113 Å². The molecule has 0 radical (unpaired) electrons. The zero-order valence-electron chi connectivity index (χ0n) is 10.4. The molecule has 1 heterocycles. The molecule has 7 heteroatoms. The van der Waals surface area contributed by atoms with Gasteiger partial charge >= 0.3 is 5.97 Å². The van der Waals surface area contributed by atoms with Gasteiger partial charge in [-0.3, -0.25) is 9.59 Å². The molecule has 1 aliphatic heterocycles. The van der Waals surface area contributed by atoms with Crippen molar-refractivity contribution in [3.63, 3.8) is 0 Å². The van der Waals surface area contributed by atoms with Gasteiger partial charge in [-0.2, -0.15) is 0 Å². The number of rotatable bonds is 3. The summed E-state index contributed by atoms with van der Waals surface area (Å²) in [5, 5.41) is 14.2. The molecule has 3 N–H and O–H groups in total. The van der Waals surface area contributed by atoms with Crippen molar-refractivity contribution in [3.05, 3.63) is 23.8 Å². The van der Waals surface area contributed by atoms with E-state index in [1.165, 1.54) is 12.1 Å². The maximum absolute atomic E-state index is 12.0. The predicted molar refractivity (Wildman–Crippen MR) is 67.6 cm³/mol. The quantitative estimate of drug-likeness (QED) is 0.739. The van der Waals surface area contributed by atoms with Gasteiger partial charge in [0.15, 0.2) is 6.61 Å². The van der Waals surface area contributed by atoms with Crippen LogP contribution >= 0.6 is 0 Å². The molecule has 1 aromatic carbocycles. The number of carbonyl (C=O) groups is 3. The second-order valence-corrected chi connectivity index (χ2v) is 4.89. The lowest BCUT2D eigenvalue weighted by Crippen LogP contribution is -2.43. The van der Waals surface area contributed by atoms with Crippen LogP contribution in [0, 0.1) is 0 Å². The highest BCUT2D eigenvalue weighted by molar-refractivity contribution is 6.01. The third-order valence-electron chi connectivity index (χ3n) is 3.39. The standard InChI is InChI=1S/C13H12N2O5/c16-10-6-20-9-5-7(1-2-8(9)14-10)11(17)15-13(3-4-13)12(18)19/h1-2,5H,3-4,6H2,(H,14,16)(H,15,17)(H,18,19). The normalized spacial score (nSPS) is 18.3. The summed E-state index contributed by atoms with van der Waals surface area (Å²) >= 11 is 0. The summed E-state index contributed by atoms with van der Waals surface area (Å²) in [5.74, 6) is -1.34. The maximum atomic E-state index is 12.0. The Hall–Kier alpha value is -2.57. The Bertz CT molecular complexity index is 621. The summed E-state index contributed by atoms with van der Waals surface area (Å²) in [5.41, 5.74) is -0.327. The number of hydrogen-bond acceptors (Lipinski definition) is 4. The first-order valence-corrected chi connectivity index (χ1v) is 6.13. The van der Waals surface area contributed by atoms with Gasteiger partial charge in [-0.25, -0.2) is 4.79 Å². The van der Waals surface area contributed by atoms with Crippen LogP contribution in [0.2, 0.25) is 0 Å². The summed E-state index contributed by atoms with van der Waals surface area (Å²) in [6, 6.07) is 4.56. The van der Waals surface area contributed by atoms with E-state index in [4.69, 9.17) is 9.84 Å². The first-order valence-electron chi connectivity index (χ1n) is 6.13. The lowest BCUT2D eigenvalue weighted by molar-refractivity contribution is -0.140. The van der Waals surface area contributed by atoms with Crippen molar-refractivity contribution in [3.8, 4) is 5.75 Å². The van der Waals surface area contributed by atoms with Gasteiger partial charge < -0.3 is 20.5 Å². The van der Waals surface area contributed by atoms with Crippen LogP contribution in [0.4, 0.5) is 5.69 Å². The number of anilines is 1. The molecule has 2 amide bonds. The van der Waals surface area contributed by atoms with Gasteiger partial charge in [-0.05, 0) is 31.0 Å². The van der Waals surface area contributed by atoms with Gasteiger partial charge in [0.2, 0.25) is 0 Å². The Morgan fingerprint density at radius 2 is 2.10 bits per heavy atom. The van der Waals surface area contributed by atoms with Crippen LogP contribution in [0.5, 0.6) is 5.75 Å². The topological polar surface area (TPSA) is 105 Å². The van der Waals surface area contributed by atoms with E-state index in [9.17, 15) is 14.4 Å². The molecule has 1 aliphatic carbocycles. The SMILES string of the molecule is O=C1COc2cc(C(=O)NC3(C(=O)O)CC3)ccc2N1. The number of carboxylic acid groups (broad SMARTS) is 1. The first-order chi connectivity index (χ1) is 9.50. The zero-order valence-corrected chi connectivity index (χ0v) is 10.4. The van der Waals surface area contributed by atoms with E-state index in [0.29, 0.717) is 29.8 Å². The summed E-state index contributed by atoms with van der Waals surface area (Å²) in [4.78, 5) is 34.2. The molecule has 0 bridgehead atoms. The predicted octanol–water partition coefficient (Wildman–Crippen LogP) is 0.364. The minimum atomic E-state index is -1.12. The van der Waals surface area contributed by atoms with E-state index < -0.39 is 17.4 Å². The Balaban J connectivity index is 1.79. The van der Waals surface area contributed by atoms with E-state index in [0.717, 1.165) is 0 Å². The summed E-state index contributed by atoms with van der Waals surface area (Å²) < 4.78 is 5.21. The van der Waals surface area contributed by atoms with E-state index in [2.05, 4.69) is 10.6 Å². The highest BCUT2D eigenvalue weighted by Gasteiger charge is 2.51. The van der Waals surface area contributed by atoms with E-state index >= 15 is 0 Å². The summed E-state index contributed by atoms with van der Waals surface area (Å²) in [6.45, 7) is -0.100. The molecule has 0 aromatic heterocycles. The molecule has 3 rings (SSSR count). The molecular weight excluding hydrogens is 264 g/mol. The molecule has 7 nitrogen and oxygen atoms in total. The van der Waals surface area contributed by atoms with Crippen LogP contribution < -0.4 is 15.4 Å². The maximum Gasteiger partial charge on any atom is 0.329 e. The lowest BCUT2D eigenvalue weighted by atomic mass is 10.1. The fraction of sp³-hybridized carbons (Fsp3) is 0.308. The van der Waals surface area contributed by atoms with Crippen molar-refractivity contribution < 1.29 is 24.2 Å². The highest BCUT2D eigenvalue weighted by Crippen LogP contribution is 2.36. The second-order valence-electron chi connectivity index (χ2n) is 4.89. The number of fused-ring (bicyclic) bond motifs is 1. The van der Waals surface area contributed by atoms with Crippen molar-refractivity contribution in [1.29, 1.82) is 0 Å². The van der Waals surface area contributed by atoms with Crippen LogP contribution in [0.1, 0.15) is 23.2 Å². The fourth-order valence-electron chi connectivity index (χ4n) is 2.02. The Kier molecular flexibility index (Phi) is 2.63. The van der Waals surface area contributed by atoms with Gasteiger partial charge in [0.25, 0.3) is 11.8 Å². The molecule has 1 fully saturated rings. The van der Waals surface area contributed by atoms with Crippen molar-refractivity contribution in [2.75, 3.05) is 11.9 Å². The number of amides is 2. The van der Waals surface area contributed by atoms with Gasteiger partial charge in [0.1, 0.15) is 11.3 Å². The largest absolute Gasteiger partial charge is 0.482 e. The zero-order chi connectivity index (χ0) is 14.3. The van der Waals surface area contributed by atoms with E-state index in [1.54, 1.807) is 6.07 Å². The third-order valence-corrected chi connectivity index (χ3v) is 3.39.